The largest absolute Gasteiger partial charge is 0.393 e. The van der Waals surface area contributed by atoms with Crippen LogP contribution >= 0.6 is 0 Å². The molecule has 0 spiro atoms. The van der Waals surface area contributed by atoms with E-state index in [9.17, 15) is 15.2 Å². The van der Waals surface area contributed by atoms with Crippen LogP contribution in [0.1, 0.15) is 31.2 Å². The normalized spacial score (nSPS) is 23.1. The van der Waals surface area contributed by atoms with E-state index in [0.717, 1.165) is 36.9 Å². The molecule has 1 saturated carbocycles. The van der Waals surface area contributed by atoms with Gasteiger partial charge < -0.3 is 10.4 Å². The summed E-state index contributed by atoms with van der Waals surface area (Å²) in [6, 6.07) is 4.99. The molecule has 5 heteroatoms. The Morgan fingerprint density at radius 3 is 2.79 bits per heavy atom. The molecule has 5 nitrogen and oxygen atoms in total. The lowest BCUT2D eigenvalue weighted by Gasteiger charge is -2.28. The van der Waals surface area contributed by atoms with E-state index in [-0.39, 0.29) is 22.6 Å². The fourth-order valence-electron chi connectivity index (χ4n) is 2.65. The number of hydrogen-bond acceptors (Lipinski definition) is 4. The predicted molar refractivity (Wildman–Crippen MR) is 74.3 cm³/mol. The summed E-state index contributed by atoms with van der Waals surface area (Å²) in [7, 11) is 0. The highest BCUT2D eigenvalue weighted by Crippen LogP contribution is 2.26. The maximum atomic E-state index is 10.8. The summed E-state index contributed by atoms with van der Waals surface area (Å²) >= 11 is 0. The van der Waals surface area contributed by atoms with E-state index in [1.807, 2.05) is 13.0 Å². The maximum Gasteiger partial charge on any atom is 0.271 e. The van der Waals surface area contributed by atoms with Crippen LogP contribution in [0.3, 0.4) is 0 Å². The van der Waals surface area contributed by atoms with Crippen molar-refractivity contribution in [2.45, 2.75) is 38.7 Å². The molecule has 1 aromatic carbocycles. The Morgan fingerprint density at radius 2 is 2.11 bits per heavy atom. The molecule has 0 aromatic heterocycles. The number of anilines is 1. The summed E-state index contributed by atoms with van der Waals surface area (Å²) in [5.74, 6) is 0.244. The minimum atomic E-state index is -0.381. The third-order valence-corrected chi connectivity index (χ3v) is 3.71. The average molecular weight is 264 g/mol. The van der Waals surface area contributed by atoms with E-state index in [4.69, 9.17) is 0 Å². The second-order valence-electron chi connectivity index (χ2n) is 5.31. The van der Waals surface area contributed by atoms with Crippen molar-refractivity contribution >= 4 is 11.4 Å². The molecule has 2 N–H and O–H groups in total. The monoisotopic (exact) mass is 264 g/mol. The summed E-state index contributed by atoms with van der Waals surface area (Å²) in [5, 5.41) is 23.9. The summed E-state index contributed by atoms with van der Waals surface area (Å²) in [6.45, 7) is 2.51. The van der Waals surface area contributed by atoms with Gasteiger partial charge in [-0.25, -0.2) is 0 Å². The molecular weight excluding hydrogens is 244 g/mol. The van der Waals surface area contributed by atoms with Crippen LogP contribution in [0.2, 0.25) is 0 Å². The second-order valence-corrected chi connectivity index (χ2v) is 5.31. The fraction of sp³-hybridized carbons (Fsp3) is 0.571. The van der Waals surface area contributed by atoms with Gasteiger partial charge in [-0.2, -0.15) is 0 Å². The first-order valence-corrected chi connectivity index (χ1v) is 6.74. The van der Waals surface area contributed by atoms with E-state index in [2.05, 4.69) is 5.32 Å². The van der Waals surface area contributed by atoms with Gasteiger partial charge in [0.05, 0.1) is 11.0 Å². The van der Waals surface area contributed by atoms with Gasteiger partial charge >= 0.3 is 0 Å². The Hall–Kier alpha value is -1.62. The number of rotatable bonds is 4. The SMILES string of the molecule is Cc1cc(NCC2CCCCC2O)cc([N+](=O)[O-])c1. The molecule has 0 saturated heterocycles. The molecular formula is C14H20N2O3. The van der Waals surface area contributed by atoms with Crippen molar-refractivity contribution in [3.63, 3.8) is 0 Å². The molecule has 19 heavy (non-hydrogen) atoms. The molecule has 2 rings (SSSR count). The predicted octanol–water partition coefficient (Wildman–Crippen LogP) is 2.87. The first-order chi connectivity index (χ1) is 9.06. The molecule has 1 aliphatic carbocycles. The number of hydrogen-bond donors (Lipinski definition) is 2. The maximum absolute atomic E-state index is 10.8. The summed E-state index contributed by atoms with van der Waals surface area (Å²) in [5.41, 5.74) is 1.72. The number of nitrogens with zero attached hydrogens (tertiary/aromatic N) is 1. The third kappa shape index (κ3) is 3.67. The third-order valence-electron chi connectivity index (χ3n) is 3.71. The first kappa shape index (κ1) is 13.8. The molecule has 1 fully saturated rings. The van der Waals surface area contributed by atoms with Gasteiger partial charge in [-0.3, -0.25) is 10.1 Å². The van der Waals surface area contributed by atoms with Crippen molar-refractivity contribution in [2.24, 2.45) is 5.92 Å². The number of aryl methyl sites for hydroxylation is 1. The van der Waals surface area contributed by atoms with Crippen molar-refractivity contribution in [3.8, 4) is 0 Å². The van der Waals surface area contributed by atoms with Gasteiger partial charge in [-0.1, -0.05) is 12.8 Å². The number of nitrogens with one attached hydrogen (secondary N) is 1. The highest BCUT2D eigenvalue weighted by Gasteiger charge is 2.22. The second kappa shape index (κ2) is 6.02. The van der Waals surface area contributed by atoms with Crippen molar-refractivity contribution in [3.05, 3.63) is 33.9 Å². The van der Waals surface area contributed by atoms with Gasteiger partial charge in [0.25, 0.3) is 5.69 Å². The number of nitro benzene ring substituents is 1. The van der Waals surface area contributed by atoms with Crippen LogP contribution < -0.4 is 5.32 Å². The molecule has 0 bridgehead atoms. The highest BCUT2D eigenvalue weighted by atomic mass is 16.6. The zero-order chi connectivity index (χ0) is 13.8. The zero-order valence-electron chi connectivity index (χ0n) is 11.1. The average Bonchev–Trinajstić information content (AvgIpc) is 2.37. The Kier molecular flexibility index (Phi) is 4.37. The summed E-state index contributed by atoms with van der Waals surface area (Å²) in [4.78, 5) is 10.4. The summed E-state index contributed by atoms with van der Waals surface area (Å²) < 4.78 is 0. The minimum Gasteiger partial charge on any atom is -0.393 e. The molecule has 0 aliphatic heterocycles. The van der Waals surface area contributed by atoms with Gasteiger partial charge in [0.15, 0.2) is 0 Å². The van der Waals surface area contributed by atoms with Crippen LogP contribution in [-0.4, -0.2) is 22.7 Å². The number of non-ortho nitro benzene ring substituents is 1. The van der Waals surface area contributed by atoms with Gasteiger partial charge in [0.2, 0.25) is 0 Å². The topological polar surface area (TPSA) is 75.4 Å². The van der Waals surface area contributed by atoms with Gasteiger partial charge in [0, 0.05) is 30.3 Å². The quantitative estimate of drug-likeness (QED) is 0.647. The Labute approximate surface area is 112 Å². The van der Waals surface area contributed by atoms with Crippen molar-refractivity contribution in [1.82, 2.24) is 0 Å². The number of aliphatic hydroxyl groups excluding tert-OH is 1. The van der Waals surface area contributed by atoms with Crippen LogP contribution in [0.15, 0.2) is 18.2 Å². The Balaban J connectivity index is 2.00. The smallest absolute Gasteiger partial charge is 0.271 e. The van der Waals surface area contributed by atoms with Crippen LogP contribution in [0.5, 0.6) is 0 Å². The Morgan fingerprint density at radius 1 is 1.37 bits per heavy atom. The molecule has 104 valence electrons. The van der Waals surface area contributed by atoms with E-state index in [0.29, 0.717) is 6.54 Å². The number of nitro groups is 1. The molecule has 1 aliphatic rings. The highest BCUT2D eigenvalue weighted by molar-refractivity contribution is 5.53. The van der Waals surface area contributed by atoms with Crippen molar-refractivity contribution in [1.29, 1.82) is 0 Å². The molecule has 0 amide bonds. The summed E-state index contributed by atoms with van der Waals surface area (Å²) in [6.07, 6.45) is 3.87. The van der Waals surface area contributed by atoms with Gasteiger partial charge in [-0.05, 0) is 31.4 Å². The van der Waals surface area contributed by atoms with E-state index < -0.39 is 0 Å². The first-order valence-electron chi connectivity index (χ1n) is 6.74. The van der Waals surface area contributed by atoms with Crippen LogP contribution in [0.4, 0.5) is 11.4 Å². The molecule has 0 radical (unpaired) electrons. The molecule has 0 heterocycles. The van der Waals surface area contributed by atoms with E-state index >= 15 is 0 Å². The van der Waals surface area contributed by atoms with Crippen LogP contribution in [0, 0.1) is 23.0 Å². The zero-order valence-corrected chi connectivity index (χ0v) is 11.1. The number of aliphatic hydroxyl groups is 1. The standard InChI is InChI=1S/C14H20N2O3/c1-10-6-12(8-13(7-10)16(18)19)15-9-11-4-2-3-5-14(11)17/h6-8,11,14-15,17H,2-5,9H2,1H3. The Bertz CT molecular complexity index is 462. The molecule has 2 unspecified atom stereocenters. The lowest BCUT2D eigenvalue weighted by atomic mass is 9.86. The van der Waals surface area contributed by atoms with Crippen LogP contribution in [-0.2, 0) is 0 Å². The molecule has 1 aromatic rings. The lowest BCUT2D eigenvalue weighted by Crippen LogP contribution is -2.30. The van der Waals surface area contributed by atoms with Gasteiger partial charge in [0.1, 0.15) is 0 Å². The van der Waals surface area contributed by atoms with Crippen molar-refractivity contribution < 1.29 is 10.0 Å². The van der Waals surface area contributed by atoms with Gasteiger partial charge in [-0.15, -0.1) is 0 Å². The van der Waals surface area contributed by atoms with Crippen molar-refractivity contribution in [2.75, 3.05) is 11.9 Å². The minimum absolute atomic E-state index is 0.103. The lowest BCUT2D eigenvalue weighted by molar-refractivity contribution is -0.384. The fourth-order valence-corrected chi connectivity index (χ4v) is 2.65. The number of benzene rings is 1. The van der Waals surface area contributed by atoms with E-state index in [1.165, 1.54) is 0 Å². The molecule has 2 atom stereocenters. The van der Waals surface area contributed by atoms with E-state index in [1.54, 1.807) is 12.1 Å². The van der Waals surface area contributed by atoms with Crippen LogP contribution in [0.25, 0.3) is 0 Å².